The highest BCUT2D eigenvalue weighted by molar-refractivity contribution is 9.10. The summed E-state index contributed by atoms with van der Waals surface area (Å²) in [6.45, 7) is 5.05. The van der Waals surface area contributed by atoms with E-state index in [0.717, 1.165) is 28.3 Å². The molecule has 0 saturated carbocycles. The molecule has 0 aromatic heterocycles. The molecule has 0 aliphatic carbocycles. The van der Waals surface area contributed by atoms with E-state index in [-0.39, 0.29) is 0 Å². The molecule has 2 aromatic carbocycles. The highest BCUT2D eigenvalue weighted by atomic mass is 79.9. The first-order chi connectivity index (χ1) is 9.63. The predicted octanol–water partition coefficient (Wildman–Crippen LogP) is 5.38. The molecular weight excluding hydrogens is 332 g/mol. The van der Waals surface area contributed by atoms with Gasteiger partial charge in [0.1, 0.15) is 5.75 Å². The average molecular weight is 351 g/mol. The first-order valence-corrected chi connectivity index (χ1v) is 8.61. The van der Waals surface area contributed by atoms with Crippen LogP contribution in [-0.4, -0.2) is 12.4 Å². The van der Waals surface area contributed by atoms with Gasteiger partial charge in [0.2, 0.25) is 0 Å². The molecule has 0 aliphatic heterocycles. The van der Waals surface area contributed by atoms with Crippen molar-refractivity contribution in [1.29, 1.82) is 0 Å². The molecule has 0 heterocycles. The standard InChI is InChI=1S/C17H19BrOS/c1-13-9-14(2)11-15(10-13)12-20-8-7-19-17-5-3-16(18)4-6-17/h3-6,9-11H,7-8,12H2,1-2H3. The number of aryl methyl sites for hydroxylation is 2. The van der Waals surface area contributed by atoms with Crippen molar-refractivity contribution in [2.45, 2.75) is 19.6 Å². The van der Waals surface area contributed by atoms with Crippen LogP contribution in [0.25, 0.3) is 0 Å². The quantitative estimate of drug-likeness (QED) is 0.647. The van der Waals surface area contributed by atoms with Crippen LogP contribution in [0.1, 0.15) is 16.7 Å². The second-order valence-electron chi connectivity index (χ2n) is 4.85. The Kier molecular flexibility index (Phi) is 5.99. The molecule has 106 valence electrons. The zero-order valence-corrected chi connectivity index (χ0v) is 14.3. The van der Waals surface area contributed by atoms with E-state index in [1.54, 1.807) is 0 Å². The van der Waals surface area contributed by atoms with Crippen molar-refractivity contribution in [3.05, 3.63) is 63.6 Å². The second-order valence-corrected chi connectivity index (χ2v) is 6.87. The third-order valence-corrected chi connectivity index (χ3v) is 4.38. The number of rotatable bonds is 6. The van der Waals surface area contributed by atoms with Gasteiger partial charge in [-0.3, -0.25) is 0 Å². The van der Waals surface area contributed by atoms with Gasteiger partial charge in [0.15, 0.2) is 0 Å². The van der Waals surface area contributed by atoms with Crippen LogP contribution in [0.5, 0.6) is 5.75 Å². The van der Waals surface area contributed by atoms with Crippen LogP contribution < -0.4 is 4.74 Å². The molecule has 0 N–H and O–H groups in total. The number of ether oxygens (including phenoxy) is 1. The van der Waals surface area contributed by atoms with Gasteiger partial charge in [-0.25, -0.2) is 0 Å². The molecule has 0 unspecified atom stereocenters. The maximum absolute atomic E-state index is 5.70. The van der Waals surface area contributed by atoms with Crippen LogP contribution in [0.3, 0.4) is 0 Å². The molecule has 0 bridgehead atoms. The summed E-state index contributed by atoms with van der Waals surface area (Å²) in [5.41, 5.74) is 4.08. The summed E-state index contributed by atoms with van der Waals surface area (Å²) in [6.07, 6.45) is 0. The largest absolute Gasteiger partial charge is 0.493 e. The molecular formula is C17H19BrOS. The molecule has 2 rings (SSSR count). The maximum Gasteiger partial charge on any atom is 0.119 e. The lowest BCUT2D eigenvalue weighted by molar-refractivity contribution is 0.344. The van der Waals surface area contributed by atoms with Crippen LogP contribution >= 0.6 is 27.7 Å². The van der Waals surface area contributed by atoms with Gasteiger partial charge in [-0.05, 0) is 43.7 Å². The fraction of sp³-hybridized carbons (Fsp3) is 0.294. The minimum Gasteiger partial charge on any atom is -0.493 e. The van der Waals surface area contributed by atoms with Crippen LogP contribution in [0.4, 0.5) is 0 Å². The van der Waals surface area contributed by atoms with E-state index >= 15 is 0 Å². The molecule has 2 aromatic rings. The fourth-order valence-corrected chi connectivity index (χ4v) is 3.10. The zero-order valence-electron chi connectivity index (χ0n) is 11.9. The molecule has 0 spiro atoms. The summed E-state index contributed by atoms with van der Waals surface area (Å²) in [5.74, 6) is 2.98. The van der Waals surface area contributed by atoms with Gasteiger partial charge in [-0.15, -0.1) is 0 Å². The number of hydrogen-bond acceptors (Lipinski definition) is 2. The lowest BCUT2D eigenvalue weighted by Gasteiger charge is -2.07. The van der Waals surface area contributed by atoms with Gasteiger partial charge in [0.25, 0.3) is 0 Å². The van der Waals surface area contributed by atoms with Crippen LogP contribution in [0.15, 0.2) is 46.9 Å². The Morgan fingerprint density at radius 3 is 2.30 bits per heavy atom. The first kappa shape index (κ1) is 15.5. The van der Waals surface area contributed by atoms with Crippen LogP contribution in [0, 0.1) is 13.8 Å². The molecule has 3 heteroatoms. The lowest BCUT2D eigenvalue weighted by Crippen LogP contribution is -2.00. The van der Waals surface area contributed by atoms with Crippen molar-refractivity contribution in [3.8, 4) is 5.75 Å². The van der Waals surface area contributed by atoms with Gasteiger partial charge in [0.05, 0.1) is 6.61 Å². The monoisotopic (exact) mass is 350 g/mol. The highest BCUT2D eigenvalue weighted by Gasteiger charge is 1.98. The van der Waals surface area contributed by atoms with Crippen LogP contribution in [0.2, 0.25) is 0 Å². The normalized spacial score (nSPS) is 10.6. The summed E-state index contributed by atoms with van der Waals surface area (Å²) in [6, 6.07) is 14.7. The van der Waals surface area contributed by atoms with Crippen molar-refractivity contribution in [1.82, 2.24) is 0 Å². The number of thioether (sulfide) groups is 1. The van der Waals surface area contributed by atoms with Crippen molar-refractivity contribution in [2.24, 2.45) is 0 Å². The third kappa shape index (κ3) is 5.22. The minimum absolute atomic E-state index is 0.747. The SMILES string of the molecule is Cc1cc(C)cc(CSCCOc2ccc(Br)cc2)c1. The average Bonchev–Trinajstić information content (AvgIpc) is 2.39. The van der Waals surface area contributed by atoms with Gasteiger partial charge < -0.3 is 4.74 Å². The van der Waals surface area contributed by atoms with Gasteiger partial charge >= 0.3 is 0 Å². The van der Waals surface area contributed by atoms with Crippen molar-refractivity contribution >= 4 is 27.7 Å². The van der Waals surface area contributed by atoms with Crippen molar-refractivity contribution < 1.29 is 4.74 Å². The summed E-state index contributed by atoms with van der Waals surface area (Å²) < 4.78 is 6.78. The van der Waals surface area contributed by atoms with Crippen molar-refractivity contribution in [3.63, 3.8) is 0 Å². The highest BCUT2D eigenvalue weighted by Crippen LogP contribution is 2.18. The molecule has 0 saturated heterocycles. The zero-order chi connectivity index (χ0) is 14.4. The number of hydrogen-bond donors (Lipinski definition) is 0. The second kappa shape index (κ2) is 7.75. The van der Waals surface area contributed by atoms with Gasteiger partial charge in [-0.2, -0.15) is 11.8 Å². The molecule has 0 aliphatic rings. The fourth-order valence-electron chi connectivity index (χ4n) is 2.09. The Hall–Kier alpha value is -0.930. The summed E-state index contributed by atoms with van der Waals surface area (Å²) >= 11 is 5.33. The summed E-state index contributed by atoms with van der Waals surface area (Å²) in [7, 11) is 0. The Bertz CT molecular complexity index is 531. The van der Waals surface area contributed by atoms with E-state index in [2.05, 4.69) is 48.0 Å². The summed E-state index contributed by atoms with van der Waals surface area (Å²) in [4.78, 5) is 0. The Morgan fingerprint density at radius 2 is 1.65 bits per heavy atom. The molecule has 20 heavy (non-hydrogen) atoms. The molecule has 0 amide bonds. The first-order valence-electron chi connectivity index (χ1n) is 6.67. The lowest BCUT2D eigenvalue weighted by atomic mass is 10.1. The molecule has 1 nitrogen and oxygen atoms in total. The Labute approximate surface area is 133 Å². The molecule has 0 atom stereocenters. The third-order valence-electron chi connectivity index (χ3n) is 2.86. The summed E-state index contributed by atoms with van der Waals surface area (Å²) in [5, 5.41) is 0. The van der Waals surface area contributed by atoms with E-state index in [1.165, 1.54) is 16.7 Å². The predicted molar refractivity (Wildman–Crippen MR) is 91.7 cm³/mol. The minimum atomic E-state index is 0.747. The molecule has 0 radical (unpaired) electrons. The van der Waals surface area contributed by atoms with Gasteiger partial charge in [-0.1, -0.05) is 45.3 Å². The van der Waals surface area contributed by atoms with Gasteiger partial charge in [0, 0.05) is 16.0 Å². The topological polar surface area (TPSA) is 9.23 Å². The smallest absolute Gasteiger partial charge is 0.119 e. The number of halogens is 1. The van der Waals surface area contributed by atoms with E-state index in [9.17, 15) is 0 Å². The van der Waals surface area contributed by atoms with Crippen molar-refractivity contribution in [2.75, 3.05) is 12.4 Å². The molecule has 0 fully saturated rings. The van der Waals surface area contributed by atoms with E-state index < -0.39 is 0 Å². The Morgan fingerprint density at radius 1 is 1.00 bits per heavy atom. The van der Waals surface area contributed by atoms with E-state index in [0.29, 0.717) is 0 Å². The number of benzene rings is 2. The van der Waals surface area contributed by atoms with E-state index in [4.69, 9.17) is 4.74 Å². The Balaban J connectivity index is 1.70. The van der Waals surface area contributed by atoms with Crippen LogP contribution in [-0.2, 0) is 5.75 Å². The maximum atomic E-state index is 5.70. The van der Waals surface area contributed by atoms with E-state index in [1.807, 2.05) is 36.0 Å².